The molecule has 0 fully saturated rings. The SMILES string of the molecule is CC1(C)c2ccccc2-c2ccc(N(c3ccc(-c4cccc5ccccc45)cc3)c3ccc4oc5ccccc5c4c3-c3cc4ccccc4c4ccccc34)cc21. The summed E-state index contributed by atoms with van der Waals surface area (Å²) >= 11 is 0. The van der Waals surface area contributed by atoms with Gasteiger partial charge in [-0.2, -0.15) is 0 Å². The minimum Gasteiger partial charge on any atom is -0.456 e. The summed E-state index contributed by atoms with van der Waals surface area (Å²) in [6, 6.07) is 73.3. The van der Waals surface area contributed by atoms with E-state index in [2.05, 4.69) is 219 Å². The lowest BCUT2D eigenvalue weighted by atomic mass is 9.82. The van der Waals surface area contributed by atoms with Crippen LogP contribution in [0.5, 0.6) is 0 Å². The fraction of sp³-hybridized carbons (Fsp3) is 0.0526. The van der Waals surface area contributed by atoms with E-state index in [9.17, 15) is 0 Å². The molecule has 0 radical (unpaired) electrons. The van der Waals surface area contributed by atoms with Crippen LogP contribution in [-0.4, -0.2) is 0 Å². The van der Waals surface area contributed by atoms with E-state index in [0.717, 1.165) is 44.6 Å². The highest BCUT2D eigenvalue weighted by Gasteiger charge is 2.36. The van der Waals surface area contributed by atoms with Crippen molar-refractivity contribution in [3.63, 3.8) is 0 Å². The van der Waals surface area contributed by atoms with Gasteiger partial charge in [0.05, 0.1) is 5.69 Å². The van der Waals surface area contributed by atoms with Crippen LogP contribution in [0, 0.1) is 0 Å². The average Bonchev–Trinajstić information content (AvgIpc) is 3.78. The van der Waals surface area contributed by atoms with Crippen LogP contribution < -0.4 is 4.90 Å². The highest BCUT2D eigenvalue weighted by Crippen LogP contribution is 2.53. The quantitative estimate of drug-likeness (QED) is 0.163. The fourth-order valence-electron chi connectivity index (χ4n) is 10.1. The number of hydrogen-bond donors (Lipinski definition) is 0. The predicted octanol–water partition coefficient (Wildman–Crippen LogP) is 16.2. The number of hydrogen-bond acceptors (Lipinski definition) is 2. The zero-order valence-electron chi connectivity index (χ0n) is 32.9. The van der Waals surface area contributed by atoms with Crippen LogP contribution in [-0.2, 0) is 5.41 Å². The van der Waals surface area contributed by atoms with Crippen LogP contribution in [0.2, 0.25) is 0 Å². The van der Waals surface area contributed by atoms with E-state index >= 15 is 0 Å². The van der Waals surface area contributed by atoms with Gasteiger partial charge in [-0.15, -0.1) is 0 Å². The average molecular weight is 754 g/mol. The van der Waals surface area contributed by atoms with Gasteiger partial charge in [0.25, 0.3) is 0 Å². The normalized spacial score (nSPS) is 13.1. The number of anilines is 3. The van der Waals surface area contributed by atoms with Gasteiger partial charge >= 0.3 is 0 Å². The topological polar surface area (TPSA) is 16.4 Å². The van der Waals surface area contributed by atoms with E-state index < -0.39 is 0 Å². The third-order valence-electron chi connectivity index (χ3n) is 12.9. The first-order valence-electron chi connectivity index (χ1n) is 20.5. The molecule has 12 rings (SSSR count). The number of furan rings is 1. The van der Waals surface area contributed by atoms with Crippen LogP contribution in [0.3, 0.4) is 0 Å². The van der Waals surface area contributed by atoms with E-state index in [1.165, 1.54) is 71.3 Å². The second kappa shape index (κ2) is 12.8. The molecule has 0 saturated carbocycles. The molecule has 1 heterocycles. The molecule has 0 unspecified atom stereocenters. The summed E-state index contributed by atoms with van der Waals surface area (Å²) < 4.78 is 6.67. The van der Waals surface area contributed by atoms with Crippen molar-refractivity contribution in [3.05, 3.63) is 211 Å². The molecule has 278 valence electrons. The first kappa shape index (κ1) is 33.7. The molecule has 0 saturated heterocycles. The van der Waals surface area contributed by atoms with Crippen molar-refractivity contribution in [2.24, 2.45) is 0 Å². The first-order chi connectivity index (χ1) is 29.0. The minimum absolute atomic E-state index is 0.159. The predicted molar refractivity (Wildman–Crippen MR) is 249 cm³/mol. The number of benzene rings is 10. The number of fused-ring (bicyclic) bond motifs is 10. The molecule has 11 aromatic rings. The Balaban J connectivity index is 1.17. The molecule has 0 spiro atoms. The van der Waals surface area contributed by atoms with Gasteiger partial charge in [-0.1, -0.05) is 166 Å². The fourth-order valence-corrected chi connectivity index (χ4v) is 10.1. The Hall–Kier alpha value is -7.42. The summed E-state index contributed by atoms with van der Waals surface area (Å²) in [7, 11) is 0. The van der Waals surface area contributed by atoms with E-state index in [0.29, 0.717) is 0 Å². The Bertz CT molecular complexity index is 3470. The third-order valence-corrected chi connectivity index (χ3v) is 12.9. The van der Waals surface area contributed by atoms with Crippen LogP contribution in [0.25, 0.3) is 87.6 Å². The van der Waals surface area contributed by atoms with Gasteiger partial charge in [-0.3, -0.25) is 0 Å². The summed E-state index contributed by atoms with van der Waals surface area (Å²) in [5.41, 5.74) is 15.0. The molecular formula is C57H39NO. The van der Waals surface area contributed by atoms with E-state index in [1.807, 2.05) is 0 Å². The van der Waals surface area contributed by atoms with Gasteiger partial charge < -0.3 is 9.32 Å². The van der Waals surface area contributed by atoms with Gasteiger partial charge in [-0.05, 0) is 120 Å². The molecule has 1 aromatic heterocycles. The van der Waals surface area contributed by atoms with Crippen molar-refractivity contribution in [3.8, 4) is 33.4 Å². The lowest BCUT2D eigenvalue weighted by Crippen LogP contribution is -2.17. The molecular weight excluding hydrogens is 715 g/mol. The van der Waals surface area contributed by atoms with Crippen molar-refractivity contribution in [2.45, 2.75) is 19.3 Å². The smallest absolute Gasteiger partial charge is 0.136 e. The largest absolute Gasteiger partial charge is 0.456 e. The summed E-state index contributed by atoms with van der Waals surface area (Å²) in [4.78, 5) is 2.48. The summed E-state index contributed by atoms with van der Waals surface area (Å²) in [6.45, 7) is 4.72. The molecule has 0 bridgehead atoms. The third kappa shape index (κ3) is 5.06. The Labute approximate surface area is 343 Å². The standard InChI is InChI=1S/C57H39NO/c1-57(2)50-24-11-9-21-46(50)47-31-30-40(35-51(47)57)58(39-28-26-37(27-29-39)42-23-13-16-36-14-3-5-17-41(36)42)52-32-33-54-56(48-22-10-12-25-53(48)59-54)55(52)49-34-38-15-4-6-18-43(38)44-19-7-8-20-45(44)49/h3-35H,1-2H3. The van der Waals surface area contributed by atoms with Crippen LogP contribution in [0.1, 0.15) is 25.0 Å². The highest BCUT2D eigenvalue weighted by molar-refractivity contribution is 6.22. The van der Waals surface area contributed by atoms with Gasteiger partial charge in [0.1, 0.15) is 11.2 Å². The van der Waals surface area contributed by atoms with Crippen molar-refractivity contribution in [2.75, 3.05) is 4.90 Å². The molecule has 0 atom stereocenters. The Morgan fingerprint density at radius 2 is 1.02 bits per heavy atom. The number of nitrogens with zero attached hydrogens (tertiary/aromatic N) is 1. The summed E-state index contributed by atoms with van der Waals surface area (Å²) in [5.74, 6) is 0. The van der Waals surface area contributed by atoms with Gasteiger partial charge in [0.15, 0.2) is 0 Å². The molecule has 2 nitrogen and oxygen atoms in total. The maximum Gasteiger partial charge on any atom is 0.136 e. The van der Waals surface area contributed by atoms with Crippen molar-refractivity contribution < 1.29 is 4.42 Å². The molecule has 1 aliphatic carbocycles. The van der Waals surface area contributed by atoms with Crippen LogP contribution in [0.4, 0.5) is 17.1 Å². The Morgan fingerprint density at radius 3 is 1.86 bits per heavy atom. The lowest BCUT2D eigenvalue weighted by molar-refractivity contribution is 0.660. The van der Waals surface area contributed by atoms with E-state index in [4.69, 9.17) is 4.42 Å². The lowest BCUT2D eigenvalue weighted by Gasteiger charge is -2.30. The van der Waals surface area contributed by atoms with Crippen molar-refractivity contribution in [1.82, 2.24) is 0 Å². The Morgan fingerprint density at radius 1 is 0.390 bits per heavy atom. The second-order valence-electron chi connectivity index (χ2n) is 16.4. The Kier molecular flexibility index (Phi) is 7.31. The number of para-hydroxylation sites is 1. The van der Waals surface area contributed by atoms with Crippen LogP contribution >= 0.6 is 0 Å². The molecule has 59 heavy (non-hydrogen) atoms. The molecule has 10 aromatic carbocycles. The maximum atomic E-state index is 6.67. The highest BCUT2D eigenvalue weighted by atomic mass is 16.3. The molecule has 0 N–H and O–H groups in total. The molecule has 0 aliphatic heterocycles. The maximum absolute atomic E-state index is 6.67. The van der Waals surface area contributed by atoms with Gasteiger partial charge in [0.2, 0.25) is 0 Å². The van der Waals surface area contributed by atoms with Crippen LogP contribution in [0.15, 0.2) is 205 Å². The molecule has 0 amide bonds. The summed E-state index contributed by atoms with van der Waals surface area (Å²) in [6.07, 6.45) is 0. The molecule has 1 aliphatic rings. The summed E-state index contributed by atoms with van der Waals surface area (Å²) in [5, 5.41) is 9.62. The van der Waals surface area contributed by atoms with Gasteiger partial charge in [-0.25, -0.2) is 0 Å². The number of rotatable bonds is 5. The monoisotopic (exact) mass is 753 g/mol. The van der Waals surface area contributed by atoms with Gasteiger partial charge in [0, 0.05) is 33.1 Å². The van der Waals surface area contributed by atoms with Crippen molar-refractivity contribution in [1.29, 1.82) is 0 Å². The molecule has 2 heteroatoms. The zero-order valence-corrected chi connectivity index (χ0v) is 32.9. The van der Waals surface area contributed by atoms with Crippen molar-refractivity contribution >= 4 is 71.3 Å². The minimum atomic E-state index is -0.159. The zero-order chi connectivity index (χ0) is 39.2. The second-order valence-corrected chi connectivity index (χ2v) is 16.4. The van der Waals surface area contributed by atoms with E-state index in [-0.39, 0.29) is 5.41 Å². The first-order valence-corrected chi connectivity index (χ1v) is 20.5. The van der Waals surface area contributed by atoms with E-state index in [1.54, 1.807) is 0 Å².